The molecule has 0 fully saturated rings. The number of carbonyl (C=O) groups excluding carboxylic acids is 1. The van der Waals surface area contributed by atoms with Gasteiger partial charge >= 0.3 is 0 Å². The Hall–Kier alpha value is -2.04. The van der Waals surface area contributed by atoms with E-state index in [1.807, 2.05) is 0 Å². The third kappa shape index (κ3) is 1.76. The van der Waals surface area contributed by atoms with Gasteiger partial charge in [-0.3, -0.25) is 4.79 Å². The Balaban J connectivity index is 2.41. The predicted octanol–water partition coefficient (Wildman–Crippen LogP) is 1.19. The minimum Gasteiger partial charge on any atom is -0.340 e. The van der Waals surface area contributed by atoms with Crippen LogP contribution in [0.5, 0.6) is 0 Å². The van der Waals surface area contributed by atoms with Gasteiger partial charge in [0, 0.05) is 19.4 Å². The van der Waals surface area contributed by atoms with Crippen molar-refractivity contribution in [2.24, 2.45) is 7.05 Å². The van der Waals surface area contributed by atoms with E-state index in [2.05, 4.69) is 9.97 Å². The van der Waals surface area contributed by atoms with Crippen molar-refractivity contribution in [3.63, 3.8) is 0 Å². The van der Waals surface area contributed by atoms with E-state index in [1.54, 1.807) is 11.6 Å². The summed E-state index contributed by atoms with van der Waals surface area (Å²) >= 11 is 0. The fraction of sp³-hybridized carbons (Fsp3) is 0.100. The highest BCUT2D eigenvalue weighted by Gasteiger charge is 2.16. The second-order valence-corrected chi connectivity index (χ2v) is 3.09. The summed E-state index contributed by atoms with van der Waals surface area (Å²) < 4.78 is 14.8. The van der Waals surface area contributed by atoms with Gasteiger partial charge in [-0.05, 0) is 12.1 Å². The monoisotopic (exact) mass is 205 g/mol. The van der Waals surface area contributed by atoms with Crippen LogP contribution in [-0.4, -0.2) is 20.3 Å². The molecule has 0 saturated carbocycles. The Morgan fingerprint density at radius 3 is 2.87 bits per heavy atom. The molecular weight excluding hydrogens is 197 g/mol. The Kier molecular flexibility index (Phi) is 2.29. The van der Waals surface area contributed by atoms with E-state index in [9.17, 15) is 9.18 Å². The molecule has 0 amide bonds. The Morgan fingerprint density at radius 2 is 2.27 bits per heavy atom. The summed E-state index contributed by atoms with van der Waals surface area (Å²) in [6, 6.07) is 2.63. The van der Waals surface area contributed by atoms with Crippen molar-refractivity contribution in [3.05, 3.63) is 48.1 Å². The maximum Gasteiger partial charge on any atom is 0.234 e. The lowest BCUT2D eigenvalue weighted by molar-refractivity contribution is 0.102. The van der Waals surface area contributed by atoms with Crippen molar-refractivity contribution in [2.45, 2.75) is 0 Å². The van der Waals surface area contributed by atoms with Gasteiger partial charge in [0.2, 0.25) is 5.78 Å². The number of aryl methyl sites for hydroxylation is 1. The molecular formula is C10H8FN3O. The third-order valence-electron chi connectivity index (χ3n) is 1.91. The number of hydrogen-bond acceptors (Lipinski definition) is 3. The molecule has 0 N–H and O–H groups in total. The zero-order valence-electron chi connectivity index (χ0n) is 8.01. The van der Waals surface area contributed by atoms with E-state index >= 15 is 0 Å². The maximum absolute atomic E-state index is 13.2. The van der Waals surface area contributed by atoms with E-state index in [0.29, 0.717) is 0 Å². The molecule has 0 aliphatic rings. The predicted molar refractivity (Wildman–Crippen MR) is 50.8 cm³/mol. The highest BCUT2D eigenvalue weighted by atomic mass is 19.1. The Labute approximate surface area is 85.4 Å². The number of nitrogens with zero attached hydrogens (tertiary/aromatic N) is 3. The topological polar surface area (TPSA) is 47.8 Å². The molecule has 0 radical (unpaired) electrons. The van der Waals surface area contributed by atoms with Crippen molar-refractivity contribution >= 4 is 5.78 Å². The lowest BCUT2D eigenvalue weighted by atomic mass is 10.2. The van der Waals surface area contributed by atoms with Gasteiger partial charge < -0.3 is 4.57 Å². The normalized spacial score (nSPS) is 10.3. The lowest BCUT2D eigenvalue weighted by Crippen LogP contribution is -2.07. The summed E-state index contributed by atoms with van der Waals surface area (Å²) in [5.74, 6) is -1.14. The molecule has 0 aromatic carbocycles. The Morgan fingerprint density at radius 1 is 1.47 bits per heavy atom. The zero-order valence-corrected chi connectivity index (χ0v) is 8.01. The van der Waals surface area contributed by atoms with Crippen molar-refractivity contribution in [3.8, 4) is 0 Å². The van der Waals surface area contributed by atoms with E-state index in [0.717, 1.165) is 0 Å². The summed E-state index contributed by atoms with van der Waals surface area (Å²) in [6.45, 7) is 0. The SMILES string of the molecule is Cn1cnc(C(=O)c2ncccc2F)c1. The molecule has 76 valence electrons. The largest absolute Gasteiger partial charge is 0.340 e. The molecule has 2 aromatic rings. The minimum atomic E-state index is -0.631. The molecule has 0 atom stereocenters. The molecule has 2 rings (SSSR count). The number of pyridine rings is 1. The van der Waals surface area contributed by atoms with E-state index < -0.39 is 11.6 Å². The molecule has 5 heteroatoms. The molecule has 0 bridgehead atoms. The number of rotatable bonds is 2. The maximum atomic E-state index is 13.2. The first-order chi connectivity index (χ1) is 7.18. The summed E-state index contributed by atoms with van der Waals surface area (Å²) in [5.41, 5.74) is -0.00806. The third-order valence-corrected chi connectivity index (χ3v) is 1.91. The van der Waals surface area contributed by atoms with Crippen LogP contribution >= 0.6 is 0 Å². The van der Waals surface area contributed by atoms with Gasteiger partial charge in [0.15, 0.2) is 5.82 Å². The van der Waals surface area contributed by atoms with E-state index in [4.69, 9.17) is 0 Å². The summed E-state index contributed by atoms with van der Waals surface area (Å²) in [7, 11) is 1.73. The van der Waals surface area contributed by atoms with Gasteiger partial charge in [-0.2, -0.15) is 0 Å². The molecule has 0 unspecified atom stereocenters. The lowest BCUT2D eigenvalue weighted by Gasteiger charge is -1.97. The number of aromatic nitrogens is 3. The number of hydrogen-bond donors (Lipinski definition) is 0. The molecule has 15 heavy (non-hydrogen) atoms. The van der Waals surface area contributed by atoms with Crippen molar-refractivity contribution < 1.29 is 9.18 Å². The van der Waals surface area contributed by atoms with Crippen molar-refractivity contribution in [1.29, 1.82) is 0 Å². The fourth-order valence-electron chi connectivity index (χ4n) is 1.20. The molecule has 0 aliphatic carbocycles. The van der Waals surface area contributed by atoms with Gasteiger partial charge in [0.1, 0.15) is 11.4 Å². The summed E-state index contributed by atoms with van der Waals surface area (Å²) in [5, 5.41) is 0. The second-order valence-electron chi connectivity index (χ2n) is 3.09. The van der Waals surface area contributed by atoms with E-state index in [1.165, 1.54) is 30.9 Å². The van der Waals surface area contributed by atoms with Crippen LogP contribution < -0.4 is 0 Å². The summed E-state index contributed by atoms with van der Waals surface area (Å²) in [6.07, 6.45) is 4.38. The van der Waals surface area contributed by atoms with Crippen LogP contribution in [0.25, 0.3) is 0 Å². The van der Waals surface area contributed by atoms with Gasteiger partial charge in [-0.15, -0.1) is 0 Å². The number of carbonyl (C=O) groups is 1. The number of imidazole rings is 1. The molecule has 0 saturated heterocycles. The standard InChI is InChI=1S/C10H8FN3O/c1-14-5-8(13-6-14)10(15)9-7(11)3-2-4-12-9/h2-6H,1H3. The van der Waals surface area contributed by atoms with Crippen molar-refractivity contribution in [2.75, 3.05) is 0 Å². The van der Waals surface area contributed by atoms with Gasteiger partial charge in [0.25, 0.3) is 0 Å². The molecule has 2 heterocycles. The van der Waals surface area contributed by atoms with Gasteiger partial charge in [-0.25, -0.2) is 14.4 Å². The minimum absolute atomic E-state index is 0.190. The van der Waals surface area contributed by atoms with Crippen LogP contribution in [0.3, 0.4) is 0 Å². The van der Waals surface area contributed by atoms with Crippen LogP contribution in [0.1, 0.15) is 16.2 Å². The van der Waals surface area contributed by atoms with Gasteiger partial charge in [0.05, 0.1) is 6.33 Å². The Bertz CT molecular complexity index is 507. The number of halogens is 1. The van der Waals surface area contributed by atoms with Crippen LogP contribution in [0.2, 0.25) is 0 Å². The van der Waals surface area contributed by atoms with Gasteiger partial charge in [-0.1, -0.05) is 0 Å². The quantitative estimate of drug-likeness (QED) is 0.692. The zero-order chi connectivity index (χ0) is 10.8. The first-order valence-electron chi connectivity index (χ1n) is 4.31. The van der Waals surface area contributed by atoms with Crippen LogP contribution in [0.4, 0.5) is 4.39 Å². The first-order valence-corrected chi connectivity index (χ1v) is 4.31. The molecule has 0 aliphatic heterocycles. The van der Waals surface area contributed by atoms with Crippen molar-refractivity contribution in [1.82, 2.24) is 14.5 Å². The molecule has 0 spiro atoms. The highest BCUT2D eigenvalue weighted by molar-refractivity contribution is 6.06. The second kappa shape index (κ2) is 3.61. The highest BCUT2D eigenvalue weighted by Crippen LogP contribution is 2.08. The fourth-order valence-corrected chi connectivity index (χ4v) is 1.20. The first kappa shape index (κ1) is 9.51. The van der Waals surface area contributed by atoms with Crippen LogP contribution in [0, 0.1) is 5.82 Å². The molecule has 4 nitrogen and oxygen atoms in total. The molecule has 2 aromatic heterocycles. The van der Waals surface area contributed by atoms with E-state index in [-0.39, 0.29) is 11.4 Å². The van der Waals surface area contributed by atoms with Crippen LogP contribution in [-0.2, 0) is 7.05 Å². The summed E-state index contributed by atoms with van der Waals surface area (Å²) in [4.78, 5) is 19.2. The average molecular weight is 205 g/mol. The van der Waals surface area contributed by atoms with Crippen LogP contribution in [0.15, 0.2) is 30.9 Å². The number of ketones is 1. The smallest absolute Gasteiger partial charge is 0.234 e. The average Bonchev–Trinajstić information content (AvgIpc) is 2.65.